The molecule has 1 aliphatic rings. The molecule has 0 saturated heterocycles. The minimum Gasteiger partial charge on any atom is -0.368 e. The predicted molar refractivity (Wildman–Crippen MR) is 84.6 cm³/mol. The molecule has 1 aliphatic carbocycles. The van der Waals surface area contributed by atoms with E-state index in [9.17, 15) is 4.79 Å². The molecule has 0 spiro atoms. The van der Waals surface area contributed by atoms with Gasteiger partial charge in [-0.3, -0.25) is 4.79 Å². The average molecular weight is 283 g/mol. The van der Waals surface area contributed by atoms with Gasteiger partial charge in [0.05, 0.1) is 0 Å². The van der Waals surface area contributed by atoms with Gasteiger partial charge in [0.25, 0.3) is 0 Å². The van der Waals surface area contributed by atoms with Crippen molar-refractivity contribution in [2.45, 2.75) is 71.4 Å². The molecule has 1 saturated carbocycles. The van der Waals surface area contributed by atoms with Crippen molar-refractivity contribution in [1.82, 2.24) is 10.2 Å². The van der Waals surface area contributed by atoms with Crippen LogP contribution in [0.5, 0.6) is 0 Å². The van der Waals surface area contributed by atoms with Gasteiger partial charge in [0, 0.05) is 12.6 Å². The van der Waals surface area contributed by atoms with Gasteiger partial charge >= 0.3 is 0 Å². The fourth-order valence-electron chi connectivity index (χ4n) is 3.07. The van der Waals surface area contributed by atoms with Crippen LogP contribution < -0.4 is 11.1 Å². The van der Waals surface area contributed by atoms with Crippen LogP contribution in [0.25, 0.3) is 0 Å². The first-order chi connectivity index (χ1) is 9.20. The van der Waals surface area contributed by atoms with Gasteiger partial charge in [-0.15, -0.1) is 0 Å². The Balaban J connectivity index is 2.58. The van der Waals surface area contributed by atoms with Crippen molar-refractivity contribution in [3.63, 3.8) is 0 Å². The van der Waals surface area contributed by atoms with Crippen LogP contribution in [0, 0.1) is 5.41 Å². The molecule has 0 radical (unpaired) electrons. The van der Waals surface area contributed by atoms with Crippen molar-refractivity contribution < 1.29 is 4.79 Å². The molecular weight excluding hydrogens is 250 g/mol. The zero-order valence-electron chi connectivity index (χ0n) is 14.0. The quantitative estimate of drug-likeness (QED) is 0.752. The normalized spacial score (nSPS) is 22.7. The van der Waals surface area contributed by atoms with E-state index in [1.165, 1.54) is 25.7 Å². The van der Waals surface area contributed by atoms with E-state index in [0.29, 0.717) is 18.0 Å². The number of primary amides is 1. The van der Waals surface area contributed by atoms with Gasteiger partial charge in [0.15, 0.2) is 0 Å². The fraction of sp³-hybridized carbons (Fsp3) is 0.938. The van der Waals surface area contributed by atoms with Gasteiger partial charge in [-0.2, -0.15) is 0 Å². The summed E-state index contributed by atoms with van der Waals surface area (Å²) in [5, 5.41) is 3.32. The molecule has 0 bridgehead atoms. The Morgan fingerprint density at radius 1 is 1.40 bits per heavy atom. The van der Waals surface area contributed by atoms with Crippen molar-refractivity contribution >= 4 is 5.91 Å². The second kappa shape index (κ2) is 6.90. The molecule has 1 rings (SSSR count). The Morgan fingerprint density at radius 2 is 1.95 bits per heavy atom. The second-order valence-electron chi connectivity index (χ2n) is 7.43. The van der Waals surface area contributed by atoms with Crippen LogP contribution in [0.2, 0.25) is 0 Å². The maximum atomic E-state index is 11.8. The predicted octanol–water partition coefficient (Wildman–Crippen LogP) is 2.13. The molecule has 0 aromatic heterocycles. The van der Waals surface area contributed by atoms with Gasteiger partial charge in [0.2, 0.25) is 5.91 Å². The summed E-state index contributed by atoms with van der Waals surface area (Å²) < 4.78 is 0. The molecule has 0 heterocycles. The van der Waals surface area contributed by atoms with Crippen molar-refractivity contribution in [2.75, 3.05) is 20.1 Å². The van der Waals surface area contributed by atoms with Crippen LogP contribution in [-0.4, -0.2) is 42.5 Å². The molecule has 0 aromatic rings. The summed E-state index contributed by atoms with van der Waals surface area (Å²) in [4.78, 5) is 14.1. The number of rotatable bonds is 7. The number of nitrogens with zero attached hydrogens (tertiary/aromatic N) is 1. The fourth-order valence-corrected chi connectivity index (χ4v) is 3.07. The van der Waals surface area contributed by atoms with Crippen LogP contribution >= 0.6 is 0 Å². The molecule has 1 fully saturated rings. The highest BCUT2D eigenvalue weighted by molar-refractivity contribution is 5.84. The minimum atomic E-state index is -0.627. The van der Waals surface area contributed by atoms with Gasteiger partial charge in [-0.1, -0.05) is 20.8 Å². The van der Waals surface area contributed by atoms with Crippen molar-refractivity contribution in [1.29, 1.82) is 0 Å². The highest BCUT2D eigenvalue weighted by atomic mass is 16.1. The molecule has 3 N–H and O–H groups in total. The lowest BCUT2D eigenvalue weighted by atomic mass is 9.75. The number of hydrogen-bond acceptors (Lipinski definition) is 3. The van der Waals surface area contributed by atoms with E-state index < -0.39 is 5.54 Å². The molecule has 4 heteroatoms. The summed E-state index contributed by atoms with van der Waals surface area (Å²) in [7, 11) is 2.12. The Hall–Kier alpha value is -0.610. The van der Waals surface area contributed by atoms with E-state index in [1.54, 1.807) is 0 Å². The highest BCUT2D eigenvalue weighted by Gasteiger charge is 2.35. The highest BCUT2D eigenvalue weighted by Crippen LogP contribution is 2.36. The Morgan fingerprint density at radius 3 is 2.40 bits per heavy atom. The van der Waals surface area contributed by atoms with Crippen LogP contribution in [0.15, 0.2) is 0 Å². The molecule has 1 amide bonds. The van der Waals surface area contributed by atoms with E-state index in [-0.39, 0.29) is 5.91 Å². The first-order valence-corrected chi connectivity index (χ1v) is 7.95. The number of hydrogen-bond donors (Lipinski definition) is 2. The Bertz CT molecular complexity index is 320. The van der Waals surface area contributed by atoms with E-state index >= 15 is 0 Å². The van der Waals surface area contributed by atoms with Crippen molar-refractivity contribution in [3.8, 4) is 0 Å². The summed E-state index contributed by atoms with van der Waals surface area (Å²) in [5.41, 5.74) is 5.45. The molecule has 1 unspecified atom stereocenters. The summed E-state index contributed by atoms with van der Waals surface area (Å²) in [6.07, 6.45) is 5.96. The molecule has 0 aromatic carbocycles. The third kappa shape index (κ3) is 4.74. The van der Waals surface area contributed by atoms with E-state index in [4.69, 9.17) is 5.73 Å². The van der Waals surface area contributed by atoms with Crippen LogP contribution in [-0.2, 0) is 4.79 Å². The van der Waals surface area contributed by atoms with Crippen molar-refractivity contribution in [2.24, 2.45) is 11.1 Å². The number of carbonyl (C=O) groups excluding carboxylic acids is 1. The zero-order chi connectivity index (χ0) is 15.4. The summed E-state index contributed by atoms with van der Waals surface area (Å²) in [6.45, 7) is 10.2. The lowest BCUT2D eigenvalue weighted by molar-refractivity contribution is -0.124. The molecule has 118 valence electrons. The van der Waals surface area contributed by atoms with E-state index in [1.807, 2.05) is 6.92 Å². The Labute approximate surface area is 124 Å². The third-order valence-electron chi connectivity index (χ3n) is 4.81. The van der Waals surface area contributed by atoms with E-state index in [0.717, 1.165) is 13.0 Å². The molecule has 1 atom stereocenters. The van der Waals surface area contributed by atoms with Gasteiger partial charge in [-0.05, 0) is 58.0 Å². The van der Waals surface area contributed by atoms with Crippen LogP contribution in [0.4, 0.5) is 0 Å². The maximum absolute atomic E-state index is 11.8. The monoisotopic (exact) mass is 283 g/mol. The molecule has 0 aliphatic heterocycles. The standard InChI is InChI=1S/C16H33N3O/c1-6-11-18-16(4,14(17)20)12-19(5)13-7-9-15(2,3)10-8-13/h13,18H,6-12H2,1-5H3,(H2,17,20). The average Bonchev–Trinajstić information content (AvgIpc) is 2.35. The van der Waals surface area contributed by atoms with Crippen LogP contribution in [0.1, 0.15) is 59.8 Å². The number of amides is 1. The summed E-state index contributed by atoms with van der Waals surface area (Å²) >= 11 is 0. The zero-order valence-corrected chi connectivity index (χ0v) is 14.0. The van der Waals surface area contributed by atoms with Crippen molar-refractivity contribution in [3.05, 3.63) is 0 Å². The smallest absolute Gasteiger partial charge is 0.238 e. The number of likely N-dealkylation sites (N-methyl/N-ethyl adjacent to an activating group) is 1. The SMILES string of the molecule is CCCNC(C)(CN(C)C1CCC(C)(C)CC1)C(N)=O. The number of carbonyl (C=O) groups is 1. The van der Waals surface area contributed by atoms with Gasteiger partial charge in [-0.25, -0.2) is 0 Å². The topological polar surface area (TPSA) is 58.4 Å². The lowest BCUT2D eigenvalue weighted by Crippen LogP contribution is -2.60. The lowest BCUT2D eigenvalue weighted by Gasteiger charge is -2.41. The second-order valence-corrected chi connectivity index (χ2v) is 7.43. The number of nitrogens with one attached hydrogen (secondary N) is 1. The van der Waals surface area contributed by atoms with Crippen LogP contribution in [0.3, 0.4) is 0 Å². The first kappa shape index (κ1) is 17.4. The third-order valence-corrected chi connectivity index (χ3v) is 4.81. The van der Waals surface area contributed by atoms with E-state index in [2.05, 4.69) is 38.0 Å². The maximum Gasteiger partial charge on any atom is 0.238 e. The molecule has 20 heavy (non-hydrogen) atoms. The first-order valence-electron chi connectivity index (χ1n) is 7.95. The van der Waals surface area contributed by atoms with Gasteiger partial charge < -0.3 is 16.0 Å². The minimum absolute atomic E-state index is 0.256. The molecule has 4 nitrogen and oxygen atoms in total. The summed E-state index contributed by atoms with van der Waals surface area (Å²) in [5.74, 6) is -0.256. The Kier molecular flexibility index (Phi) is 6.02. The largest absolute Gasteiger partial charge is 0.368 e. The molecular formula is C16H33N3O. The number of nitrogens with two attached hydrogens (primary N) is 1. The van der Waals surface area contributed by atoms with Gasteiger partial charge in [0.1, 0.15) is 5.54 Å². The summed E-state index contributed by atoms with van der Waals surface area (Å²) in [6, 6.07) is 0.574.